The third-order valence-corrected chi connectivity index (χ3v) is 5.15. The van der Waals surface area contributed by atoms with Crippen molar-refractivity contribution in [3.05, 3.63) is 71.1 Å². The summed E-state index contributed by atoms with van der Waals surface area (Å²) in [6.07, 6.45) is -3.40. The van der Waals surface area contributed by atoms with Crippen LogP contribution in [0.3, 0.4) is 0 Å². The highest BCUT2D eigenvalue weighted by atomic mass is 19.4. The third kappa shape index (κ3) is 5.51. The molecule has 0 radical (unpaired) electrons. The number of aromatic nitrogens is 2. The monoisotopic (exact) mass is 431 g/mol. The number of amides is 1. The fourth-order valence-electron chi connectivity index (χ4n) is 3.18. The minimum Gasteiger partial charge on any atom is -0.339 e. The van der Waals surface area contributed by atoms with E-state index in [0.29, 0.717) is 31.1 Å². The summed E-state index contributed by atoms with van der Waals surface area (Å²) in [4.78, 5) is 19.0. The van der Waals surface area contributed by atoms with Crippen molar-refractivity contribution in [2.24, 2.45) is 0 Å². The van der Waals surface area contributed by atoms with E-state index in [1.54, 1.807) is 4.90 Å². The molecule has 0 saturated carbocycles. The molecular weight excluding hydrogens is 407 g/mol. The second-order valence-corrected chi connectivity index (χ2v) is 7.46. The van der Waals surface area contributed by atoms with Crippen molar-refractivity contribution in [3.63, 3.8) is 0 Å². The first-order chi connectivity index (χ1) is 14.7. The lowest BCUT2D eigenvalue weighted by atomic mass is 10.1. The summed E-state index contributed by atoms with van der Waals surface area (Å²) in [5, 5.41) is 4.01. The SMILES string of the molecule is CCC(C)N(CCc1nc(-c2cccc(C)c2)no1)C(=O)c1ccc(C(F)(F)F)cc1. The van der Waals surface area contributed by atoms with Crippen molar-refractivity contribution < 1.29 is 22.5 Å². The first-order valence-electron chi connectivity index (χ1n) is 10.1. The van der Waals surface area contributed by atoms with E-state index in [9.17, 15) is 18.0 Å². The predicted octanol–water partition coefficient (Wildman–Crippen LogP) is 5.55. The molecule has 5 nitrogen and oxygen atoms in total. The molecule has 2 aromatic carbocycles. The van der Waals surface area contributed by atoms with Crippen molar-refractivity contribution in [1.82, 2.24) is 15.0 Å². The number of carbonyl (C=O) groups is 1. The van der Waals surface area contributed by atoms with E-state index in [0.717, 1.165) is 23.3 Å². The largest absolute Gasteiger partial charge is 0.416 e. The summed E-state index contributed by atoms with van der Waals surface area (Å²) in [6.45, 7) is 6.12. The fraction of sp³-hybridized carbons (Fsp3) is 0.348. The average molecular weight is 431 g/mol. The summed E-state index contributed by atoms with van der Waals surface area (Å²) in [5.41, 5.74) is 1.34. The molecule has 0 fully saturated rings. The van der Waals surface area contributed by atoms with Gasteiger partial charge < -0.3 is 9.42 Å². The Hall–Kier alpha value is -3.16. The fourth-order valence-corrected chi connectivity index (χ4v) is 3.18. The summed E-state index contributed by atoms with van der Waals surface area (Å²) in [7, 11) is 0. The molecule has 1 heterocycles. The standard InChI is InChI=1S/C23H24F3N3O2/c1-4-16(3)29(22(30)17-8-10-19(11-9-17)23(24,25)26)13-12-20-27-21(28-31-20)18-7-5-6-15(2)14-18/h5-11,14,16H,4,12-13H2,1-3H3. The Balaban J connectivity index is 1.73. The van der Waals surface area contributed by atoms with Gasteiger partial charge in [-0.15, -0.1) is 0 Å². The molecule has 164 valence electrons. The van der Waals surface area contributed by atoms with Crippen LogP contribution >= 0.6 is 0 Å². The predicted molar refractivity (Wildman–Crippen MR) is 110 cm³/mol. The Labute approximate surface area is 178 Å². The Morgan fingerprint density at radius 1 is 1.16 bits per heavy atom. The van der Waals surface area contributed by atoms with Crippen molar-refractivity contribution >= 4 is 5.91 Å². The second kappa shape index (κ2) is 9.32. The van der Waals surface area contributed by atoms with Gasteiger partial charge in [0.15, 0.2) is 0 Å². The maximum Gasteiger partial charge on any atom is 0.416 e. The number of halogens is 3. The summed E-state index contributed by atoms with van der Waals surface area (Å²) < 4.78 is 43.7. The number of aryl methyl sites for hydroxylation is 1. The molecule has 8 heteroatoms. The molecule has 1 amide bonds. The van der Waals surface area contributed by atoms with Gasteiger partial charge in [-0.2, -0.15) is 18.2 Å². The highest BCUT2D eigenvalue weighted by Gasteiger charge is 2.30. The molecule has 3 aromatic rings. The first kappa shape index (κ1) is 22.5. The molecule has 0 N–H and O–H groups in total. The van der Waals surface area contributed by atoms with Crippen LogP contribution in [0.25, 0.3) is 11.4 Å². The van der Waals surface area contributed by atoms with E-state index >= 15 is 0 Å². The molecule has 0 saturated heterocycles. The highest BCUT2D eigenvalue weighted by molar-refractivity contribution is 5.94. The van der Waals surface area contributed by atoms with Crippen molar-refractivity contribution in [2.75, 3.05) is 6.54 Å². The maximum absolute atomic E-state index is 13.0. The number of carbonyl (C=O) groups excluding carboxylic acids is 1. The zero-order chi connectivity index (χ0) is 22.6. The second-order valence-electron chi connectivity index (χ2n) is 7.46. The zero-order valence-corrected chi connectivity index (χ0v) is 17.6. The Morgan fingerprint density at radius 3 is 2.48 bits per heavy atom. The van der Waals surface area contributed by atoms with Gasteiger partial charge in [0.25, 0.3) is 5.91 Å². The molecular formula is C23H24F3N3O2. The number of hydrogen-bond donors (Lipinski definition) is 0. The molecule has 0 spiro atoms. The first-order valence-corrected chi connectivity index (χ1v) is 10.1. The van der Waals surface area contributed by atoms with Crippen LogP contribution in [0.15, 0.2) is 53.1 Å². The van der Waals surface area contributed by atoms with Crippen LogP contribution in [0.2, 0.25) is 0 Å². The molecule has 0 bridgehead atoms. The smallest absolute Gasteiger partial charge is 0.339 e. The maximum atomic E-state index is 13.0. The molecule has 0 aliphatic heterocycles. The van der Waals surface area contributed by atoms with E-state index < -0.39 is 11.7 Å². The molecule has 0 aliphatic rings. The van der Waals surface area contributed by atoms with E-state index in [4.69, 9.17) is 4.52 Å². The van der Waals surface area contributed by atoms with Gasteiger partial charge in [0.2, 0.25) is 11.7 Å². The van der Waals surface area contributed by atoms with Crippen LogP contribution in [0.5, 0.6) is 0 Å². The highest BCUT2D eigenvalue weighted by Crippen LogP contribution is 2.29. The molecule has 0 aliphatic carbocycles. The summed E-state index contributed by atoms with van der Waals surface area (Å²) >= 11 is 0. The van der Waals surface area contributed by atoms with Gasteiger partial charge in [0.1, 0.15) is 0 Å². The van der Waals surface area contributed by atoms with Crippen LogP contribution in [0.4, 0.5) is 13.2 Å². The minimum atomic E-state index is -4.44. The number of alkyl halides is 3. The van der Waals surface area contributed by atoms with Crippen molar-refractivity contribution in [3.8, 4) is 11.4 Å². The van der Waals surface area contributed by atoms with Crippen LogP contribution in [0, 0.1) is 6.92 Å². The van der Waals surface area contributed by atoms with Gasteiger partial charge in [-0.25, -0.2) is 0 Å². The molecule has 31 heavy (non-hydrogen) atoms. The Bertz CT molecular complexity index is 1030. The number of hydrogen-bond acceptors (Lipinski definition) is 4. The van der Waals surface area contributed by atoms with Gasteiger partial charge >= 0.3 is 6.18 Å². The van der Waals surface area contributed by atoms with Crippen LogP contribution in [-0.4, -0.2) is 33.5 Å². The van der Waals surface area contributed by atoms with Gasteiger partial charge in [0.05, 0.1) is 5.56 Å². The van der Waals surface area contributed by atoms with Crippen LogP contribution in [-0.2, 0) is 12.6 Å². The molecule has 1 aromatic heterocycles. The lowest BCUT2D eigenvalue weighted by molar-refractivity contribution is -0.137. The molecule has 1 unspecified atom stereocenters. The normalized spacial score (nSPS) is 12.6. The van der Waals surface area contributed by atoms with Gasteiger partial charge in [-0.3, -0.25) is 4.79 Å². The number of rotatable bonds is 7. The topological polar surface area (TPSA) is 59.2 Å². The number of nitrogens with zero attached hydrogens (tertiary/aromatic N) is 3. The van der Waals surface area contributed by atoms with Crippen molar-refractivity contribution in [2.45, 2.75) is 45.8 Å². The minimum absolute atomic E-state index is 0.103. The number of benzene rings is 2. The van der Waals surface area contributed by atoms with Crippen LogP contribution < -0.4 is 0 Å². The quantitative estimate of drug-likeness (QED) is 0.492. The lowest BCUT2D eigenvalue weighted by Crippen LogP contribution is -2.39. The van der Waals surface area contributed by atoms with Gasteiger partial charge in [0, 0.05) is 30.1 Å². The van der Waals surface area contributed by atoms with Crippen molar-refractivity contribution in [1.29, 1.82) is 0 Å². The van der Waals surface area contributed by atoms with Crippen LogP contribution in [0.1, 0.15) is 47.6 Å². The molecule has 3 rings (SSSR count). The van der Waals surface area contributed by atoms with E-state index in [1.807, 2.05) is 45.0 Å². The van der Waals surface area contributed by atoms with E-state index in [2.05, 4.69) is 10.1 Å². The van der Waals surface area contributed by atoms with Gasteiger partial charge in [-0.05, 0) is 50.6 Å². The summed E-state index contributed by atoms with van der Waals surface area (Å²) in [5.74, 6) is 0.536. The van der Waals surface area contributed by atoms with E-state index in [-0.39, 0.29) is 17.5 Å². The zero-order valence-electron chi connectivity index (χ0n) is 17.6. The molecule has 1 atom stereocenters. The Morgan fingerprint density at radius 2 is 1.87 bits per heavy atom. The van der Waals surface area contributed by atoms with Gasteiger partial charge in [-0.1, -0.05) is 35.8 Å². The summed E-state index contributed by atoms with van der Waals surface area (Å²) in [6, 6.07) is 11.9. The lowest BCUT2D eigenvalue weighted by Gasteiger charge is -2.28. The Kier molecular flexibility index (Phi) is 6.77. The average Bonchev–Trinajstić information content (AvgIpc) is 3.22. The van der Waals surface area contributed by atoms with E-state index in [1.165, 1.54) is 12.1 Å². The third-order valence-electron chi connectivity index (χ3n) is 5.15.